The maximum Gasteiger partial charge on any atom is 0.165 e. The predicted octanol–water partition coefficient (Wildman–Crippen LogP) is 14.5. The Bertz CT molecular complexity index is 3800. The van der Waals surface area contributed by atoms with Crippen molar-refractivity contribution in [2.45, 2.75) is 0 Å². The van der Waals surface area contributed by atoms with Gasteiger partial charge in [-0.15, -0.1) is 11.3 Å². The molecule has 0 unspecified atom stereocenters. The lowest BCUT2D eigenvalue weighted by Gasteiger charge is -2.16. The third-order valence-electron chi connectivity index (χ3n) is 11.9. The largest absolute Gasteiger partial charge is 0.292 e. The molecule has 0 amide bonds. The second-order valence-electron chi connectivity index (χ2n) is 14.8. The van der Waals surface area contributed by atoms with Gasteiger partial charge in [-0.3, -0.25) is 4.57 Å². The number of aromatic nitrogens is 3. The van der Waals surface area contributed by atoms with Crippen LogP contribution in [0.4, 0.5) is 0 Å². The molecule has 0 fully saturated rings. The second kappa shape index (κ2) is 11.2. The first-order chi connectivity index (χ1) is 27.8. The molecule has 0 aliphatic rings. The van der Waals surface area contributed by atoms with E-state index in [1.54, 1.807) is 0 Å². The number of thiophene rings is 1. The van der Waals surface area contributed by atoms with Crippen LogP contribution in [0.3, 0.4) is 0 Å². The van der Waals surface area contributed by atoms with Crippen LogP contribution in [0, 0.1) is 0 Å². The van der Waals surface area contributed by atoms with Gasteiger partial charge in [0.2, 0.25) is 0 Å². The molecule has 0 spiro atoms. The van der Waals surface area contributed by atoms with Crippen molar-refractivity contribution in [1.29, 1.82) is 0 Å². The molecule has 13 rings (SSSR count). The molecule has 0 atom stereocenters. The number of fused-ring (bicyclic) bond motifs is 18. The highest BCUT2D eigenvalue weighted by Crippen LogP contribution is 2.47. The maximum absolute atomic E-state index is 5.70. The number of benzene rings is 10. The van der Waals surface area contributed by atoms with E-state index < -0.39 is 0 Å². The molecule has 0 aliphatic heterocycles. The van der Waals surface area contributed by atoms with Crippen molar-refractivity contribution in [3.63, 3.8) is 0 Å². The minimum atomic E-state index is 0.831. The summed E-state index contributed by atoms with van der Waals surface area (Å²) in [5, 5.41) is 17.3. The van der Waals surface area contributed by atoms with Crippen LogP contribution >= 0.6 is 11.3 Å². The van der Waals surface area contributed by atoms with Gasteiger partial charge in [-0.25, -0.2) is 9.97 Å². The zero-order valence-corrected chi connectivity index (χ0v) is 30.8. The van der Waals surface area contributed by atoms with Crippen molar-refractivity contribution >= 4 is 118 Å². The van der Waals surface area contributed by atoms with Crippen molar-refractivity contribution in [3.8, 4) is 17.1 Å². The Kier molecular flexibility index (Phi) is 6.04. The Hall–Kier alpha value is -7.14. The minimum Gasteiger partial charge on any atom is -0.292 e. The highest BCUT2D eigenvalue weighted by atomic mass is 32.1. The van der Waals surface area contributed by atoms with Crippen LogP contribution in [0.25, 0.3) is 124 Å². The van der Waals surface area contributed by atoms with Gasteiger partial charge in [-0.05, 0) is 67.4 Å². The maximum atomic E-state index is 5.70. The smallest absolute Gasteiger partial charge is 0.165 e. The molecule has 0 radical (unpaired) electrons. The molecule has 3 aromatic heterocycles. The quantitative estimate of drug-likeness (QED) is 0.166. The molecule has 0 aliphatic carbocycles. The summed E-state index contributed by atoms with van der Waals surface area (Å²) in [5.74, 6) is 0.831. The van der Waals surface area contributed by atoms with E-state index in [9.17, 15) is 0 Å². The SMILES string of the molecule is c1ccc2c(c1)ccc1nc(-n3c4ccc5ccccc5c4c4c5c6ccccc6c6ccccc6c5ccc43)c(-c3cccc4c3sc3ccccc34)nc12. The predicted molar refractivity (Wildman–Crippen MR) is 240 cm³/mol. The molecule has 0 N–H and O–H groups in total. The molecule has 3 heterocycles. The Morgan fingerprint density at radius 2 is 0.946 bits per heavy atom. The van der Waals surface area contributed by atoms with Gasteiger partial charge in [0, 0.05) is 47.3 Å². The average Bonchev–Trinajstić information content (AvgIpc) is 3.82. The van der Waals surface area contributed by atoms with E-state index in [2.05, 4.69) is 180 Å². The Morgan fingerprint density at radius 3 is 1.75 bits per heavy atom. The molecule has 10 aromatic carbocycles. The summed E-state index contributed by atoms with van der Waals surface area (Å²) in [6.45, 7) is 0. The van der Waals surface area contributed by atoms with Gasteiger partial charge in [0.1, 0.15) is 5.69 Å². The third-order valence-corrected chi connectivity index (χ3v) is 13.2. The number of hydrogen-bond acceptors (Lipinski definition) is 3. The van der Waals surface area contributed by atoms with Gasteiger partial charge in [0.05, 0.1) is 22.1 Å². The Morgan fingerprint density at radius 1 is 0.375 bits per heavy atom. The van der Waals surface area contributed by atoms with Gasteiger partial charge in [0.25, 0.3) is 0 Å². The molecule has 3 nitrogen and oxygen atoms in total. The topological polar surface area (TPSA) is 30.7 Å². The number of hydrogen-bond donors (Lipinski definition) is 0. The molecule has 0 saturated carbocycles. The second-order valence-corrected chi connectivity index (χ2v) is 15.9. The van der Waals surface area contributed by atoms with Crippen LogP contribution in [0.1, 0.15) is 0 Å². The number of nitrogens with zero attached hydrogens (tertiary/aromatic N) is 3. The van der Waals surface area contributed by atoms with Crippen molar-refractivity contribution in [3.05, 3.63) is 176 Å². The molecule has 4 heteroatoms. The zero-order chi connectivity index (χ0) is 36.5. The standard InChI is InChI=1S/C52H29N3S/c1-3-14-32-30(12-1)25-28-43-47(32)48-44(29-26-39-36-18-6-5-16-34(36)35-17-7-8-20-38(35)46(39)48)55(43)52-50(54-49-33-15-4-2-13-31(33)24-27-42(49)53-52)41-22-11-21-40-37-19-9-10-23-45(37)56-51(40)41/h1-29H. The number of rotatable bonds is 2. The van der Waals surface area contributed by atoms with Gasteiger partial charge in [0.15, 0.2) is 5.82 Å². The van der Waals surface area contributed by atoms with Crippen molar-refractivity contribution in [2.24, 2.45) is 0 Å². The molecule has 0 bridgehead atoms. The van der Waals surface area contributed by atoms with Gasteiger partial charge < -0.3 is 0 Å². The normalized spacial score (nSPS) is 12.3. The fraction of sp³-hybridized carbons (Fsp3) is 0. The van der Waals surface area contributed by atoms with E-state index in [0.717, 1.165) is 49.9 Å². The first-order valence-corrected chi connectivity index (χ1v) is 19.9. The summed E-state index contributed by atoms with van der Waals surface area (Å²) in [4.78, 5) is 11.4. The van der Waals surface area contributed by atoms with Crippen molar-refractivity contribution < 1.29 is 0 Å². The molecule has 13 aromatic rings. The van der Waals surface area contributed by atoms with Crippen molar-refractivity contribution in [1.82, 2.24) is 14.5 Å². The summed E-state index contributed by atoms with van der Waals surface area (Å²) >= 11 is 1.83. The van der Waals surface area contributed by atoms with E-state index >= 15 is 0 Å². The summed E-state index contributed by atoms with van der Waals surface area (Å²) in [6, 6.07) is 64.0. The van der Waals surface area contributed by atoms with Gasteiger partial charge >= 0.3 is 0 Å². The molecule has 258 valence electrons. The van der Waals surface area contributed by atoms with E-state index in [0.29, 0.717) is 0 Å². The Labute approximate surface area is 324 Å². The van der Waals surface area contributed by atoms with E-state index in [1.807, 2.05) is 11.3 Å². The van der Waals surface area contributed by atoms with E-state index in [4.69, 9.17) is 9.97 Å². The van der Waals surface area contributed by atoms with Gasteiger partial charge in [-0.1, -0.05) is 152 Å². The van der Waals surface area contributed by atoms with Crippen molar-refractivity contribution in [2.75, 3.05) is 0 Å². The highest BCUT2D eigenvalue weighted by molar-refractivity contribution is 7.26. The monoisotopic (exact) mass is 727 g/mol. The van der Waals surface area contributed by atoms with Crippen LogP contribution < -0.4 is 0 Å². The lowest BCUT2D eigenvalue weighted by Crippen LogP contribution is -2.04. The highest BCUT2D eigenvalue weighted by Gasteiger charge is 2.25. The fourth-order valence-electron chi connectivity index (χ4n) is 9.54. The lowest BCUT2D eigenvalue weighted by atomic mass is 9.91. The first-order valence-electron chi connectivity index (χ1n) is 19.1. The summed E-state index contributed by atoms with van der Waals surface area (Å²) in [7, 11) is 0. The summed E-state index contributed by atoms with van der Waals surface area (Å²) in [5.41, 5.74) is 5.98. The molecule has 0 saturated heterocycles. The van der Waals surface area contributed by atoms with Crippen LogP contribution in [0.15, 0.2) is 176 Å². The Balaban J connectivity index is 1.27. The van der Waals surface area contributed by atoms with E-state index in [-0.39, 0.29) is 0 Å². The first kappa shape index (κ1) is 30.2. The lowest BCUT2D eigenvalue weighted by molar-refractivity contribution is 1.08. The fourth-order valence-corrected chi connectivity index (χ4v) is 10.8. The average molecular weight is 728 g/mol. The molecular weight excluding hydrogens is 699 g/mol. The summed E-state index contributed by atoms with van der Waals surface area (Å²) in [6.07, 6.45) is 0. The zero-order valence-electron chi connectivity index (χ0n) is 30.0. The van der Waals surface area contributed by atoms with Gasteiger partial charge in [-0.2, -0.15) is 0 Å². The van der Waals surface area contributed by atoms with E-state index in [1.165, 1.54) is 74.0 Å². The molecular formula is C52H29N3S. The van der Waals surface area contributed by atoms with Crippen LogP contribution in [0.2, 0.25) is 0 Å². The third kappa shape index (κ3) is 4.01. The van der Waals surface area contributed by atoms with Crippen LogP contribution in [-0.2, 0) is 0 Å². The summed E-state index contributed by atoms with van der Waals surface area (Å²) < 4.78 is 4.89. The van der Waals surface area contributed by atoms with Crippen LogP contribution in [0.5, 0.6) is 0 Å². The minimum absolute atomic E-state index is 0.831. The van der Waals surface area contributed by atoms with Crippen LogP contribution in [-0.4, -0.2) is 14.5 Å². The molecule has 56 heavy (non-hydrogen) atoms.